The highest BCUT2D eigenvalue weighted by Gasteiger charge is 2.18. The molecule has 2 unspecified atom stereocenters. The largest absolute Gasteiger partial charge is 0.382 e. The summed E-state index contributed by atoms with van der Waals surface area (Å²) >= 11 is 0. The van der Waals surface area contributed by atoms with Crippen molar-refractivity contribution in [3.05, 3.63) is 24.3 Å². The van der Waals surface area contributed by atoms with E-state index in [2.05, 4.69) is 17.6 Å². The molecule has 98 valence electrons. The van der Waals surface area contributed by atoms with E-state index < -0.39 is 6.03 Å². The van der Waals surface area contributed by atoms with Crippen molar-refractivity contribution >= 4 is 17.4 Å². The van der Waals surface area contributed by atoms with Crippen LogP contribution in [0, 0.1) is 0 Å². The van der Waals surface area contributed by atoms with Crippen molar-refractivity contribution in [3.8, 4) is 0 Å². The third-order valence-electron chi connectivity index (χ3n) is 2.99. The van der Waals surface area contributed by atoms with Gasteiger partial charge in [-0.15, -0.1) is 0 Å². The average Bonchev–Trinajstić information content (AvgIpc) is 2.28. The zero-order valence-corrected chi connectivity index (χ0v) is 10.5. The molecule has 4 N–H and O–H groups in total. The average molecular weight is 249 g/mol. The molecule has 0 radical (unpaired) electrons. The zero-order valence-electron chi connectivity index (χ0n) is 10.5. The van der Waals surface area contributed by atoms with E-state index in [1.54, 1.807) is 0 Å². The van der Waals surface area contributed by atoms with Gasteiger partial charge in [-0.05, 0) is 38.0 Å². The highest BCUT2D eigenvalue weighted by atomic mass is 16.5. The molecule has 2 atom stereocenters. The Morgan fingerprint density at radius 1 is 1.44 bits per heavy atom. The molecular weight excluding hydrogens is 230 g/mol. The summed E-state index contributed by atoms with van der Waals surface area (Å²) in [4.78, 5) is 10.8. The Morgan fingerprint density at radius 3 is 2.94 bits per heavy atom. The van der Waals surface area contributed by atoms with Gasteiger partial charge in [-0.25, -0.2) is 4.79 Å². The van der Waals surface area contributed by atoms with E-state index >= 15 is 0 Å². The van der Waals surface area contributed by atoms with Crippen LogP contribution in [0.4, 0.5) is 16.2 Å². The first-order valence-corrected chi connectivity index (χ1v) is 6.18. The molecule has 1 aliphatic rings. The Morgan fingerprint density at radius 2 is 2.22 bits per heavy atom. The van der Waals surface area contributed by atoms with Crippen LogP contribution in [0.3, 0.4) is 0 Å². The maximum absolute atomic E-state index is 10.8. The summed E-state index contributed by atoms with van der Waals surface area (Å²) in [6.45, 7) is 2.87. The summed E-state index contributed by atoms with van der Waals surface area (Å²) in [5.41, 5.74) is 6.78. The van der Waals surface area contributed by atoms with Gasteiger partial charge in [0.05, 0.1) is 6.10 Å². The summed E-state index contributed by atoms with van der Waals surface area (Å²) in [5.74, 6) is 0. The van der Waals surface area contributed by atoms with E-state index in [1.165, 1.54) is 0 Å². The molecule has 0 aromatic heterocycles. The van der Waals surface area contributed by atoms with E-state index in [0.29, 0.717) is 17.8 Å². The van der Waals surface area contributed by atoms with Crippen LogP contribution in [-0.2, 0) is 4.74 Å². The van der Waals surface area contributed by atoms with Crippen molar-refractivity contribution in [2.45, 2.75) is 31.9 Å². The number of carbonyl (C=O) groups excluding carboxylic acids is 1. The summed E-state index contributed by atoms with van der Waals surface area (Å²) in [5, 5.41) is 6.02. The van der Waals surface area contributed by atoms with Gasteiger partial charge in [-0.1, -0.05) is 6.07 Å². The fraction of sp³-hybridized carbons (Fsp3) is 0.462. The quantitative estimate of drug-likeness (QED) is 0.768. The number of anilines is 2. The van der Waals surface area contributed by atoms with Gasteiger partial charge in [0.1, 0.15) is 0 Å². The maximum Gasteiger partial charge on any atom is 0.316 e. The smallest absolute Gasteiger partial charge is 0.316 e. The van der Waals surface area contributed by atoms with Crippen molar-refractivity contribution in [3.63, 3.8) is 0 Å². The first-order valence-electron chi connectivity index (χ1n) is 6.18. The number of rotatable bonds is 3. The predicted octanol–water partition coefficient (Wildman–Crippen LogP) is 2.16. The Bertz CT molecular complexity index is 422. The lowest BCUT2D eigenvalue weighted by Crippen LogP contribution is -2.32. The molecule has 5 heteroatoms. The number of benzene rings is 1. The summed E-state index contributed by atoms with van der Waals surface area (Å²) < 4.78 is 5.51. The van der Waals surface area contributed by atoms with Crippen LogP contribution in [0.25, 0.3) is 0 Å². The number of primary amides is 1. The van der Waals surface area contributed by atoms with Crippen LogP contribution in [-0.4, -0.2) is 24.8 Å². The van der Waals surface area contributed by atoms with Crippen LogP contribution in [0.1, 0.15) is 19.8 Å². The molecule has 1 heterocycles. The fourth-order valence-electron chi connectivity index (χ4n) is 2.19. The monoisotopic (exact) mass is 249 g/mol. The van der Waals surface area contributed by atoms with Gasteiger partial charge in [-0.2, -0.15) is 0 Å². The number of amides is 2. The SMILES string of the molecule is CC1CC(Nc2cccc(NC(N)=O)c2)CCO1. The second-order valence-electron chi connectivity index (χ2n) is 4.62. The highest BCUT2D eigenvalue weighted by molar-refractivity contribution is 5.88. The predicted molar refractivity (Wildman–Crippen MR) is 71.7 cm³/mol. The molecule has 18 heavy (non-hydrogen) atoms. The van der Waals surface area contributed by atoms with E-state index in [-0.39, 0.29) is 0 Å². The van der Waals surface area contributed by atoms with Gasteiger partial charge in [0.15, 0.2) is 0 Å². The Hall–Kier alpha value is -1.75. The van der Waals surface area contributed by atoms with Crippen molar-refractivity contribution in [1.82, 2.24) is 0 Å². The topological polar surface area (TPSA) is 76.4 Å². The number of nitrogens with one attached hydrogen (secondary N) is 2. The van der Waals surface area contributed by atoms with Crippen molar-refractivity contribution in [2.75, 3.05) is 17.2 Å². The van der Waals surface area contributed by atoms with Crippen LogP contribution in [0.5, 0.6) is 0 Å². The lowest BCUT2D eigenvalue weighted by Gasteiger charge is -2.28. The van der Waals surface area contributed by atoms with Gasteiger partial charge in [0, 0.05) is 24.0 Å². The zero-order chi connectivity index (χ0) is 13.0. The summed E-state index contributed by atoms with van der Waals surface area (Å²) in [6, 6.07) is 7.42. The molecule has 1 aliphatic heterocycles. The molecule has 0 spiro atoms. The van der Waals surface area contributed by atoms with E-state index in [0.717, 1.165) is 25.1 Å². The third kappa shape index (κ3) is 3.63. The minimum Gasteiger partial charge on any atom is -0.382 e. The van der Waals surface area contributed by atoms with Crippen molar-refractivity contribution in [1.29, 1.82) is 0 Å². The van der Waals surface area contributed by atoms with Gasteiger partial charge in [-0.3, -0.25) is 0 Å². The molecule has 1 fully saturated rings. The molecule has 2 amide bonds. The molecular formula is C13H19N3O2. The molecule has 2 rings (SSSR count). The molecule has 5 nitrogen and oxygen atoms in total. The normalized spacial score (nSPS) is 23.4. The van der Waals surface area contributed by atoms with E-state index in [4.69, 9.17) is 10.5 Å². The molecule has 1 aromatic rings. The van der Waals surface area contributed by atoms with Crippen LogP contribution in [0.15, 0.2) is 24.3 Å². The molecule has 0 aliphatic carbocycles. The maximum atomic E-state index is 10.8. The number of urea groups is 1. The van der Waals surface area contributed by atoms with Crippen LogP contribution >= 0.6 is 0 Å². The number of ether oxygens (including phenoxy) is 1. The van der Waals surface area contributed by atoms with Gasteiger partial charge in [0.25, 0.3) is 0 Å². The van der Waals surface area contributed by atoms with E-state index in [1.807, 2.05) is 24.3 Å². The van der Waals surface area contributed by atoms with Crippen LogP contribution in [0.2, 0.25) is 0 Å². The summed E-state index contributed by atoms with van der Waals surface area (Å²) in [6.07, 6.45) is 2.29. The fourth-order valence-corrected chi connectivity index (χ4v) is 2.19. The van der Waals surface area contributed by atoms with Crippen molar-refractivity contribution in [2.24, 2.45) is 5.73 Å². The first kappa shape index (κ1) is 12.7. The number of nitrogens with two attached hydrogens (primary N) is 1. The van der Waals surface area contributed by atoms with Crippen molar-refractivity contribution < 1.29 is 9.53 Å². The number of hydrogen-bond acceptors (Lipinski definition) is 3. The number of carbonyl (C=O) groups is 1. The molecule has 0 bridgehead atoms. The van der Waals surface area contributed by atoms with Gasteiger partial charge in [0.2, 0.25) is 0 Å². The number of hydrogen-bond donors (Lipinski definition) is 3. The molecule has 1 saturated heterocycles. The lowest BCUT2D eigenvalue weighted by molar-refractivity contribution is 0.0232. The Balaban J connectivity index is 1.98. The van der Waals surface area contributed by atoms with Crippen LogP contribution < -0.4 is 16.4 Å². The second-order valence-corrected chi connectivity index (χ2v) is 4.62. The highest BCUT2D eigenvalue weighted by Crippen LogP contribution is 2.21. The standard InChI is InChI=1S/C13H19N3O2/c1-9-7-12(5-6-18-9)15-10-3-2-4-11(8-10)16-13(14)17/h2-4,8-9,12,15H,5-7H2,1H3,(H3,14,16,17). The Kier molecular flexibility index (Phi) is 4.04. The van der Waals surface area contributed by atoms with Gasteiger partial charge < -0.3 is 21.1 Å². The lowest BCUT2D eigenvalue weighted by atomic mass is 10.0. The van der Waals surface area contributed by atoms with Gasteiger partial charge >= 0.3 is 6.03 Å². The molecule has 1 aromatic carbocycles. The third-order valence-corrected chi connectivity index (χ3v) is 2.99. The first-order chi connectivity index (χ1) is 8.63. The molecule has 0 saturated carbocycles. The van der Waals surface area contributed by atoms with E-state index in [9.17, 15) is 4.79 Å². The second kappa shape index (κ2) is 5.73. The Labute approximate surface area is 107 Å². The minimum absolute atomic E-state index is 0.295. The summed E-state index contributed by atoms with van der Waals surface area (Å²) in [7, 11) is 0. The minimum atomic E-state index is -0.549.